The van der Waals surface area contributed by atoms with E-state index in [0.29, 0.717) is 32.0 Å². The third-order valence-corrected chi connectivity index (χ3v) is 3.99. The second-order valence-electron chi connectivity index (χ2n) is 5.83. The predicted molar refractivity (Wildman–Crippen MR) is 98.2 cm³/mol. The van der Waals surface area contributed by atoms with Crippen LogP contribution in [0.25, 0.3) is 0 Å². The Morgan fingerprint density at radius 1 is 1.29 bits per heavy atom. The summed E-state index contributed by atoms with van der Waals surface area (Å²) < 4.78 is 11.2. The summed E-state index contributed by atoms with van der Waals surface area (Å²) in [5.74, 6) is 2.32. The Kier molecular flexibility index (Phi) is 10.3. The van der Waals surface area contributed by atoms with E-state index >= 15 is 0 Å². The van der Waals surface area contributed by atoms with E-state index in [1.165, 1.54) is 6.42 Å². The van der Waals surface area contributed by atoms with Gasteiger partial charge in [-0.3, -0.25) is 4.79 Å². The molecule has 0 aliphatic carbocycles. The summed E-state index contributed by atoms with van der Waals surface area (Å²) in [7, 11) is 0. The van der Waals surface area contributed by atoms with Crippen molar-refractivity contribution >= 4 is 18.3 Å². The summed E-state index contributed by atoms with van der Waals surface area (Å²) in [6.07, 6.45) is 3.50. The minimum absolute atomic E-state index is 0. The number of rotatable bonds is 10. The molecular weight excluding hydrogens is 328 g/mol. The highest BCUT2D eigenvalue weighted by Gasteiger charge is 2.14. The summed E-state index contributed by atoms with van der Waals surface area (Å²) in [6, 6.07) is 7.62. The lowest BCUT2D eigenvalue weighted by atomic mass is 10.1. The fourth-order valence-electron chi connectivity index (χ4n) is 2.72. The number of hydrogen-bond donors (Lipinski definition) is 2. The lowest BCUT2D eigenvalue weighted by molar-refractivity contribution is -0.121. The van der Waals surface area contributed by atoms with E-state index in [4.69, 9.17) is 9.47 Å². The van der Waals surface area contributed by atoms with Crippen LogP contribution in [-0.4, -0.2) is 38.8 Å². The number of para-hydroxylation sites is 2. The van der Waals surface area contributed by atoms with Gasteiger partial charge in [0.15, 0.2) is 11.5 Å². The molecule has 24 heavy (non-hydrogen) atoms. The van der Waals surface area contributed by atoms with Crippen LogP contribution in [0, 0.1) is 5.92 Å². The summed E-state index contributed by atoms with van der Waals surface area (Å²) in [6.45, 7) is 6.05. The Balaban J connectivity index is 0.00000288. The molecule has 1 saturated heterocycles. The van der Waals surface area contributed by atoms with Gasteiger partial charge in [0.25, 0.3) is 0 Å². The average molecular weight is 357 g/mol. The van der Waals surface area contributed by atoms with Crippen LogP contribution in [0.3, 0.4) is 0 Å². The van der Waals surface area contributed by atoms with Gasteiger partial charge in [0.2, 0.25) is 5.91 Å². The Morgan fingerprint density at radius 2 is 2.04 bits per heavy atom. The van der Waals surface area contributed by atoms with Gasteiger partial charge in [-0.1, -0.05) is 12.1 Å². The van der Waals surface area contributed by atoms with E-state index < -0.39 is 0 Å². The molecule has 1 amide bonds. The number of amides is 1. The fraction of sp³-hybridized carbons (Fsp3) is 0.611. The van der Waals surface area contributed by atoms with Crippen LogP contribution in [0.1, 0.15) is 32.6 Å². The first-order chi connectivity index (χ1) is 11.3. The van der Waals surface area contributed by atoms with E-state index in [1.54, 1.807) is 0 Å². The van der Waals surface area contributed by atoms with Crippen molar-refractivity contribution in [3.63, 3.8) is 0 Å². The molecule has 6 heteroatoms. The van der Waals surface area contributed by atoms with Crippen molar-refractivity contribution in [2.45, 2.75) is 32.6 Å². The summed E-state index contributed by atoms with van der Waals surface area (Å²) in [5, 5.41) is 6.33. The van der Waals surface area contributed by atoms with Crippen molar-refractivity contribution in [3.8, 4) is 11.5 Å². The van der Waals surface area contributed by atoms with Crippen molar-refractivity contribution < 1.29 is 14.3 Å². The first-order valence-electron chi connectivity index (χ1n) is 8.61. The van der Waals surface area contributed by atoms with Crippen molar-refractivity contribution in [1.82, 2.24) is 10.6 Å². The molecule has 1 unspecified atom stereocenters. The molecular formula is C18H29ClN2O3. The molecule has 2 rings (SSSR count). The molecule has 2 N–H and O–H groups in total. The number of carbonyl (C=O) groups excluding carboxylic acids is 1. The molecule has 0 radical (unpaired) electrons. The van der Waals surface area contributed by atoms with Crippen LogP contribution in [0.2, 0.25) is 0 Å². The zero-order chi connectivity index (χ0) is 16.3. The molecule has 1 aromatic rings. The maximum atomic E-state index is 11.8. The molecule has 1 atom stereocenters. The standard InChI is InChI=1S/C18H28N2O3.ClH/c1-2-22-16-6-3-4-7-17(16)23-13-5-8-18(21)20-12-10-15-9-11-19-14-15;/h3-4,6-7,15,19H,2,5,8-14H2,1H3,(H,20,21);1H. The predicted octanol–water partition coefficient (Wildman–Crippen LogP) is 2.78. The molecule has 1 aliphatic heterocycles. The highest BCUT2D eigenvalue weighted by atomic mass is 35.5. The highest BCUT2D eigenvalue weighted by Crippen LogP contribution is 2.26. The van der Waals surface area contributed by atoms with Crippen LogP contribution in [0.5, 0.6) is 11.5 Å². The van der Waals surface area contributed by atoms with Crippen molar-refractivity contribution in [2.24, 2.45) is 5.92 Å². The number of carbonyl (C=O) groups is 1. The van der Waals surface area contributed by atoms with Gasteiger partial charge in [-0.2, -0.15) is 0 Å². The van der Waals surface area contributed by atoms with E-state index in [9.17, 15) is 4.79 Å². The molecule has 1 aliphatic rings. The number of benzene rings is 1. The second kappa shape index (κ2) is 12.0. The van der Waals surface area contributed by atoms with E-state index in [1.807, 2.05) is 31.2 Å². The zero-order valence-electron chi connectivity index (χ0n) is 14.4. The largest absolute Gasteiger partial charge is 0.490 e. The SMILES string of the molecule is CCOc1ccccc1OCCCC(=O)NCCC1CCNC1.Cl. The van der Waals surface area contributed by atoms with Gasteiger partial charge in [-0.25, -0.2) is 0 Å². The van der Waals surface area contributed by atoms with Crippen LogP contribution in [0.4, 0.5) is 0 Å². The van der Waals surface area contributed by atoms with Crippen LogP contribution in [-0.2, 0) is 4.79 Å². The van der Waals surface area contributed by atoms with Crippen molar-refractivity contribution in [1.29, 1.82) is 0 Å². The number of halogens is 1. The third-order valence-electron chi connectivity index (χ3n) is 3.99. The third kappa shape index (κ3) is 7.41. The van der Waals surface area contributed by atoms with Crippen molar-refractivity contribution in [3.05, 3.63) is 24.3 Å². The lowest BCUT2D eigenvalue weighted by Gasteiger charge is -2.12. The maximum absolute atomic E-state index is 11.8. The van der Waals surface area contributed by atoms with Crippen LogP contribution < -0.4 is 20.1 Å². The highest BCUT2D eigenvalue weighted by molar-refractivity contribution is 5.85. The summed E-state index contributed by atoms with van der Waals surface area (Å²) >= 11 is 0. The monoisotopic (exact) mass is 356 g/mol. The van der Waals surface area contributed by atoms with Gasteiger partial charge in [0.1, 0.15) is 0 Å². The normalized spacial score (nSPS) is 16.3. The second-order valence-corrected chi connectivity index (χ2v) is 5.83. The zero-order valence-corrected chi connectivity index (χ0v) is 15.2. The van der Waals surface area contributed by atoms with Gasteiger partial charge in [-0.05, 0) is 57.3 Å². The van der Waals surface area contributed by atoms with Crippen molar-refractivity contribution in [2.75, 3.05) is 32.8 Å². The van der Waals surface area contributed by atoms with Gasteiger partial charge in [-0.15, -0.1) is 12.4 Å². The minimum Gasteiger partial charge on any atom is -0.490 e. The fourth-order valence-corrected chi connectivity index (χ4v) is 2.72. The first kappa shape index (κ1) is 20.6. The molecule has 0 aromatic heterocycles. The van der Waals surface area contributed by atoms with E-state index in [2.05, 4.69) is 10.6 Å². The molecule has 0 saturated carbocycles. The topological polar surface area (TPSA) is 59.6 Å². The Hall–Kier alpha value is -1.46. The van der Waals surface area contributed by atoms with Gasteiger partial charge < -0.3 is 20.1 Å². The molecule has 0 bridgehead atoms. The average Bonchev–Trinajstić information content (AvgIpc) is 3.07. The molecule has 1 heterocycles. The Bertz CT molecular complexity index is 479. The van der Waals surface area contributed by atoms with E-state index in [0.717, 1.165) is 37.6 Å². The van der Waals surface area contributed by atoms with Gasteiger partial charge in [0, 0.05) is 13.0 Å². The number of ether oxygens (including phenoxy) is 2. The molecule has 136 valence electrons. The van der Waals surface area contributed by atoms with Gasteiger partial charge in [0.05, 0.1) is 13.2 Å². The van der Waals surface area contributed by atoms with Crippen LogP contribution in [0.15, 0.2) is 24.3 Å². The Labute approximate surface area is 150 Å². The summed E-state index contributed by atoms with van der Waals surface area (Å²) in [5.41, 5.74) is 0. The smallest absolute Gasteiger partial charge is 0.220 e. The van der Waals surface area contributed by atoms with Crippen LogP contribution >= 0.6 is 12.4 Å². The maximum Gasteiger partial charge on any atom is 0.220 e. The number of hydrogen-bond acceptors (Lipinski definition) is 4. The van der Waals surface area contributed by atoms with Gasteiger partial charge >= 0.3 is 0 Å². The van der Waals surface area contributed by atoms with E-state index in [-0.39, 0.29) is 18.3 Å². The quantitative estimate of drug-likeness (QED) is 0.633. The number of nitrogens with one attached hydrogen (secondary N) is 2. The summed E-state index contributed by atoms with van der Waals surface area (Å²) in [4.78, 5) is 11.8. The lowest BCUT2D eigenvalue weighted by Crippen LogP contribution is -2.26. The molecule has 1 fully saturated rings. The Morgan fingerprint density at radius 3 is 2.71 bits per heavy atom. The first-order valence-corrected chi connectivity index (χ1v) is 8.61. The minimum atomic E-state index is 0. The molecule has 1 aromatic carbocycles. The molecule has 0 spiro atoms. The molecule has 5 nitrogen and oxygen atoms in total.